The molecule has 0 radical (unpaired) electrons. The van der Waals surface area contributed by atoms with Crippen molar-refractivity contribution in [3.8, 4) is 22.3 Å². The van der Waals surface area contributed by atoms with Gasteiger partial charge in [-0.1, -0.05) is 171 Å². The molecular weight excluding hydrogens is 925 g/mol. The molecule has 0 aromatic heterocycles. The van der Waals surface area contributed by atoms with Crippen molar-refractivity contribution >= 4 is 57.7 Å². The van der Waals surface area contributed by atoms with Crippen molar-refractivity contribution in [3.63, 3.8) is 0 Å². The van der Waals surface area contributed by atoms with Crippen LogP contribution in [-0.4, -0.2) is 35.6 Å². The molecule has 12 rings (SSSR count). The first-order valence-electron chi connectivity index (χ1n) is 25.5. The van der Waals surface area contributed by atoms with Crippen LogP contribution < -0.4 is 9.80 Å². The number of fused-ring (bicyclic) bond motifs is 3. The Hall–Kier alpha value is -8.76. The number of ether oxygens (including phenoxy) is 2. The number of hydrogen-bond donors (Lipinski definition) is 0. The highest BCUT2D eigenvalue weighted by atomic mass is 16.5. The maximum absolute atomic E-state index is 15.3. The van der Waals surface area contributed by atoms with Crippen LogP contribution in [0.15, 0.2) is 170 Å². The van der Waals surface area contributed by atoms with Crippen LogP contribution >= 0.6 is 0 Å². The number of benzene rings is 8. The lowest BCUT2D eigenvalue weighted by molar-refractivity contribution is 0.0462. The molecule has 0 unspecified atom stereocenters. The summed E-state index contributed by atoms with van der Waals surface area (Å²) in [7, 11) is 0. The molecule has 74 heavy (non-hydrogen) atoms. The van der Waals surface area contributed by atoms with Gasteiger partial charge in [0.25, 0.3) is 23.6 Å². The Morgan fingerprint density at radius 3 is 1.12 bits per heavy atom. The van der Waals surface area contributed by atoms with Gasteiger partial charge in [0, 0.05) is 0 Å². The third kappa shape index (κ3) is 7.98. The summed E-state index contributed by atoms with van der Waals surface area (Å²) in [6, 6.07) is 51.4. The lowest BCUT2D eigenvalue weighted by Gasteiger charge is -2.22. The summed E-state index contributed by atoms with van der Waals surface area (Å²) in [5.41, 5.74) is 6.52. The minimum absolute atomic E-state index is 0.0139. The fraction of sp³-hybridized carbons (Fsp3) is 0.188. The molecule has 0 atom stereocenters. The van der Waals surface area contributed by atoms with Gasteiger partial charge in [0.1, 0.15) is 13.2 Å². The fourth-order valence-electron chi connectivity index (χ4n) is 11.9. The molecule has 2 saturated carbocycles. The minimum atomic E-state index is -0.732. The molecule has 4 aliphatic rings. The number of amides is 4. The molecule has 2 fully saturated rings. The van der Waals surface area contributed by atoms with Gasteiger partial charge in [-0.3, -0.25) is 19.2 Å². The number of anilines is 2. The molecule has 8 aromatic rings. The van der Waals surface area contributed by atoms with E-state index in [9.17, 15) is 9.59 Å². The Bertz CT molecular complexity index is 3370. The van der Waals surface area contributed by atoms with E-state index < -0.39 is 35.6 Å². The summed E-state index contributed by atoms with van der Waals surface area (Å²) in [5, 5.41) is 1.36. The highest BCUT2D eigenvalue weighted by molar-refractivity contribution is 6.40. The maximum Gasteiger partial charge on any atom is 0.339 e. The molecule has 10 heteroatoms. The molecule has 2 aliphatic heterocycles. The molecule has 10 nitrogen and oxygen atoms in total. The SMILES string of the molecule is O=C(OCc1ccccc1)c1ccc(-c2ccc(-c3ccc(C(=O)OCc4ccccc4)c4c3C(=O)N(c3ccccc3C3CCCC3)C4=O)c3ccccc23)c2c1C(=O)N(c1ccccc1C1CCCC1)C2=O. The first-order valence-corrected chi connectivity index (χ1v) is 25.5. The third-order valence-electron chi connectivity index (χ3n) is 15.4. The number of rotatable bonds is 12. The zero-order valence-corrected chi connectivity index (χ0v) is 40.6. The van der Waals surface area contributed by atoms with Crippen molar-refractivity contribution in [2.24, 2.45) is 0 Å². The molecule has 0 saturated heterocycles. The topological polar surface area (TPSA) is 127 Å². The molecule has 2 heterocycles. The van der Waals surface area contributed by atoms with E-state index in [0.29, 0.717) is 44.4 Å². The lowest BCUT2D eigenvalue weighted by atomic mass is 9.86. The van der Waals surface area contributed by atoms with Crippen LogP contribution in [-0.2, 0) is 22.7 Å². The van der Waals surface area contributed by atoms with E-state index in [1.165, 1.54) is 9.80 Å². The fourth-order valence-corrected chi connectivity index (χ4v) is 11.9. The number of imide groups is 2. The van der Waals surface area contributed by atoms with Gasteiger partial charge in [-0.25, -0.2) is 19.4 Å². The summed E-state index contributed by atoms with van der Waals surface area (Å²) in [4.78, 5) is 91.3. The van der Waals surface area contributed by atoms with Crippen LogP contribution in [0.2, 0.25) is 0 Å². The molecular formula is C64H50N2O8. The predicted molar refractivity (Wildman–Crippen MR) is 284 cm³/mol. The number of esters is 2. The highest BCUT2D eigenvalue weighted by Crippen LogP contribution is 2.48. The maximum atomic E-state index is 15.3. The van der Waals surface area contributed by atoms with Crippen LogP contribution in [0.25, 0.3) is 33.0 Å². The second kappa shape index (κ2) is 19.3. The number of nitrogens with zero attached hydrogens (tertiary/aromatic N) is 2. The van der Waals surface area contributed by atoms with Gasteiger partial charge in [-0.15, -0.1) is 0 Å². The van der Waals surface area contributed by atoms with Crippen molar-refractivity contribution < 1.29 is 38.2 Å². The standard InChI is InChI=1S/C64H50N2O8/c67-59-55-49(33-35-51(63(71)73-37-39-17-3-1-4-18-39)57(55)61(69)65(59)53-29-15-13-25-43(53)41-21-7-8-22-41)47-31-32-48(46-28-12-11-27-45(46)47)50-34-36-52(64(72)74-38-40-19-5-2-6-20-40)58-56(50)60(68)66(62(58)70)54-30-16-14-26-44(54)42-23-9-10-24-42/h1-6,11-20,25-36,41-42H,7-10,21-24,37-38H2. The first-order chi connectivity index (χ1) is 36.3. The second-order valence-corrected chi connectivity index (χ2v) is 19.6. The molecule has 4 amide bonds. The van der Waals surface area contributed by atoms with Gasteiger partial charge in [-0.2, -0.15) is 0 Å². The van der Waals surface area contributed by atoms with Crippen molar-refractivity contribution in [2.75, 3.05) is 9.80 Å². The molecule has 0 N–H and O–H groups in total. The van der Waals surface area contributed by atoms with E-state index in [0.717, 1.165) is 73.6 Å². The third-order valence-corrected chi connectivity index (χ3v) is 15.4. The van der Waals surface area contributed by atoms with Crippen molar-refractivity contribution in [1.82, 2.24) is 0 Å². The van der Waals surface area contributed by atoms with Crippen molar-refractivity contribution in [1.29, 1.82) is 0 Å². The summed E-state index contributed by atoms with van der Waals surface area (Å²) in [6.07, 6.45) is 7.98. The van der Waals surface area contributed by atoms with Crippen molar-refractivity contribution in [2.45, 2.75) is 76.4 Å². The normalized spacial score (nSPS) is 15.6. The van der Waals surface area contributed by atoms with E-state index in [1.54, 1.807) is 36.4 Å². The van der Waals surface area contributed by atoms with Crippen LogP contribution in [0.4, 0.5) is 11.4 Å². The number of para-hydroxylation sites is 2. The zero-order chi connectivity index (χ0) is 50.5. The van der Waals surface area contributed by atoms with E-state index in [4.69, 9.17) is 9.47 Å². The van der Waals surface area contributed by atoms with E-state index in [1.807, 2.05) is 133 Å². The molecule has 0 spiro atoms. The average molecular weight is 975 g/mol. The van der Waals surface area contributed by atoms with Crippen LogP contribution in [0, 0.1) is 0 Å². The van der Waals surface area contributed by atoms with E-state index in [2.05, 4.69) is 0 Å². The van der Waals surface area contributed by atoms with Gasteiger partial charge >= 0.3 is 11.9 Å². The first kappa shape index (κ1) is 46.3. The summed E-state index contributed by atoms with van der Waals surface area (Å²) in [6.45, 7) is -0.0613. The average Bonchev–Trinajstić information content (AvgIpc) is 4.30. The monoisotopic (exact) mass is 974 g/mol. The Morgan fingerprint density at radius 1 is 0.378 bits per heavy atom. The van der Waals surface area contributed by atoms with Gasteiger partial charge in [0.2, 0.25) is 0 Å². The molecule has 0 bridgehead atoms. The summed E-state index contributed by atoms with van der Waals surface area (Å²) in [5.74, 6) is -3.43. The predicted octanol–water partition coefficient (Wildman–Crippen LogP) is 13.8. The van der Waals surface area contributed by atoms with Gasteiger partial charge in [0.05, 0.1) is 44.8 Å². The zero-order valence-electron chi connectivity index (χ0n) is 40.6. The number of carbonyl (C=O) groups excluding carboxylic acids is 6. The Kier molecular flexibility index (Phi) is 12.1. The van der Waals surface area contributed by atoms with E-state index >= 15 is 19.2 Å². The lowest BCUT2D eigenvalue weighted by Crippen LogP contribution is -2.31. The van der Waals surface area contributed by atoms with Crippen LogP contribution in [0.1, 0.15) is 148 Å². The Balaban J connectivity index is 0.996. The minimum Gasteiger partial charge on any atom is -0.457 e. The van der Waals surface area contributed by atoms with Crippen molar-refractivity contribution in [3.05, 3.63) is 225 Å². The number of hydrogen-bond acceptors (Lipinski definition) is 8. The molecule has 2 aliphatic carbocycles. The Morgan fingerprint density at radius 2 is 0.716 bits per heavy atom. The van der Waals surface area contributed by atoms with Gasteiger partial charge < -0.3 is 9.47 Å². The smallest absolute Gasteiger partial charge is 0.339 e. The quantitative estimate of drug-likeness (QED) is 0.0875. The Labute approximate surface area is 428 Å². The van der Waals surface area contributed by atoms with E-state index in [-0.39, 0.29) is 58.4 Å². The second-order valence-electron chi connectivity index (χ2n) is 19.6. The van der Waals surface area contributed by atoms with Crippen LogP contribution in [0.3, 0.4) is 0 Å². The largest absolute Gasteiger partial charge is 0.457 e. The molecule has 8 aromatic carbocycles. The summed E-state index contributed by atoms with van der Waals surface area (Å²) < 4.78 is 11.6. The van der Waals surface area contributed by atoms with Crippen LogP contribution in [0.5, 0.6) is 0 Å². The van der Waals surface area contributed by atoms with Gasteiger partial charge in [-0.05, 0) is 117 Å². The summed E-state index contributed by atoms with van der Waals surface area (Å²) >= 11 is 0. The molecule has 364 valence electrons. The van der Waals surface area contributed by atoms with Gasteiger partial charge in [0.15, 0.2) is 0 Å². The number of carbonyl (C=O) groups is 6. The highest BCUT2D eigenvalue weighted by Gasteiger charge is 2.46.